The van der Waals surface area contributed by atoms with Gasteiger partial charge in [-0.05, 0) is 11.6 Å². The number of nitriles is 1. The molecule has 2 aromatic heterocycles. The molecule has 168 valence electrons. The van der Waals surface area contributed by atoms with Crippen LogP contribution in [-0.2, 0) is 14.4 Å². The minimum absolute atomic E-state index is 0. The third kappa shape index (κ3) is 4.72. The number of carboxylic acid groups (broad SMARTS) is 1. The number of aromatic nitrogens is 2. The summed E-state index contributed by atoms with van der Waals surface area (Å²) in [4.78, 5) is 41.9. The summed E-state index contributed by atoms with van der Waals surface area (Å²) in [6.45, 7) is 0. The van der Waals surface area contributed by atoms with Gasteiger partial charge >= 0.3 is 29.6 Å². The molecule has 0 aliphatic carbocycles. The van der Waals surface area contributed by atoms with Crippen molar-refractivity contribution in [2.24, 2.45) is 5.16 Å². The Bertz CT molecular complexity index is 1290. The molecule has 0 spiro atoms. The molecule has 2 amide bonds. The average Bonchev–Trinajstić information content (AvgIpc) is 3.44. The van der Waals surface area contributed by atoms with Crippen molar-refractivity contribution in [3.63, 3.8) is 0 Å². The van der Waals surface area contributed by atoms with E-state index in [4.69, 9.17) is 15.5 Å². The second kappa shape index (κ2) is 10.4. The molecule has 4 N–H and O–H groups in total. The van der Waals surface area contributed by atoms with E-state index in [9.17, 15) is 24.7 Å². The molecule has 0 bridgehead atoms. The zero-order chi connectivity index (χ0) is 23.7. The van der Waals surface area contributed by atoms with Gasteiger partial charge in [0.25, 0.3) is 11.8 Å². The van der Waals surface area contributed by atoms with Crippen molar-refractivity contribution >= 4 is 57.8 Å². The number of fused-ring (bicyclic) bond motifs is 1. The van der Waals surface area contributed by atoms with Gasteiger partial charge in [-0.3, -0.25) is 14.5 Å². The second-order valence-corrected chi connectivity index (χ2v) is 8.60. The molecule has 0 aromatic carbocycles. The van der Waals surface area contributed by atoms with Gasteiger partial charge < -0.3 is 30.7 Å². The van der Waals surface area contributed by atoms with Crippen LogP contribution in [0.3, 0.4) is 0 Å². The van der Waals surface area contributed by atoms with Crippen molar-refractivity contribution in [1.29, 1.82) is 5.26 Å². The third-order valence-electron chi connectivity index (χ3n) is 4.65. The van der Waals surface area contributed by atoms with Crippen LogP contribution in [0.2, 0.25) is 0 Å². The summed E-state index contributed by atoms with van der Waals surface area (Å²) in [5, 5.41) is 39.5. The van der Waals surface area contributed by atoms with Gasteiger partial charge in [0, 0.05) is 17.2 Å². The maximum absolute atomic E-state index is 12.7. The number of allylic oxidation sites excluding steroid dienone is 1. The van der Waals surface area contributed by atoms with Crippen molar-refractivity contribution in [2.75, 3.05) is 11.5 Å². The Hall–Kier alpha value is -3.16. The first kappa shape index (κ1) is 25.5. The number of nitrogens with one attached hydrogen (secondary N) is 1. The van der Waals surface area contributed by atoms with Crippen LogP contribution in [-0.4, -0.2) is 60.9 Å². The molecule has 1 fully saturated rings. The summed E-state index contributed by atoms with van der Waals surface area (Å²) < 4.78 is 4.93. The summed E-state index contributed by atoms with van der Waals surface area (Å²) in [7, 11) is 0. The number of anilines is 1. The molecular formula is C18H12N7NaO6S2. The van der Waals surface area contributed by atoms with Crippen LogP contribution in [0.5, 0.6) is 0 Å². The number of carbonyl (C=O) groups excluding carboxylic acids is 3. The molecule has 4 rings (SSSR count). The standard InChI is InChI=1S/C18H13N7O6S2.Na/c19-4-8-3-9(31-24-8)2-1-7-5-32-16-12(15(27)25(16)13(7)17(28)29)22-14(26)11(23-30)10-6-33-18(20)21-10;/h1-3,6,12,16,30H,5H2,(H2,20,21)(H,22,26)(H,28,29);/q;+1/p-1/b2-1-,23-11-;/t12-,16-;/m1./s1. The molecule has 16 heteroatoms. The van der Waals surface area contributed by atoms with E-state index in [0.29, 0.717) is 0 Å². The summed E-state index contributed by atoms with van der Waals surface area (Å²) in [5.74, 6) is -2.70. The van der Waals surface area contributed by atoms with Crippen molar-refractivity contribution in [3.05, 3.63) is 45.9 Å². The zero-order valence-corrected chi connectivity index (χ0v) is 20.9. The number of nitrogens with zero attached hydrogens (tertiary/aromatic N) is 5. The minimum atomic E-state index is -1.57. The number of aliphatic carboxylic acids is 1. The van der Waals surface area contributed by atoms with E-state index in [0.717, 1.165) is 16.2 Å². The smallest absolute Gasteiger partial charge is 0.543 e. The third-order valence-corrected chi connectivity index (χ3v) is 6.63. The number of amides is 2. The van der Waals surface area contributed by atoms with E-state index >= 15 is 0 Å². The van der Waals surface area contributed by atoms with Crippen LogP contribution in [0.25, 0.3) is 6.08 Å². The van der Waals surface area contributed by atoms with Crippen LogP contribution in [0.15, 0.2) is 38.5 Å². The molecule has 2 atom stereocenters. The number of carboxylic acids is 1. The maximum Gasteiger partial charge on any atom is 1.00 e. The first-order valence-electron chi connectivity index (χ1n) is 9.02. The van der Waals surface area contributed by atoms with Gasteiger partial charge in [-0.1, -0.05) is 16.4 Å². The van der Waals surface area contributed by atoms with Gasteiger partial charge in [0.15, 0.2) is 22.3 Å². The Kier molecular flexibility index (Phi) is 7.79. The number of oxime groups is 1. The van der Waals surface area contributed by atoms with Crippen LogP contribution >= 0.6 is 23.1 Å². The fraction of sp³-hybridized carbons (Fsp3) is 0.167. The van der Waals surface area contributed by atoms with Gasteiger partial charge in [0.2, 0.25) is 0 Å². The maximum atomic E-state index is 12.7. The monoisotopic (exact) mass is 509 g/mol. The number of carbonyl (C=O) groups is 3. The van der Waals surface area contributed by atoms with Crippen molar-refractivity contribution in [2.45, 2.75) is 11.4 Å². The fourth-order valence-electron chi connectivity index (χ4n) is 3.18. The first-order valence-corrected chi connectivity index (χ1v) is 10.9. The van der Waals surface area contributed by atoms with Crippen LogP contribution < -0.4 is 45.7 Å². The van der Waals surface area contributed by atoms with E-state index in [1.807, 2.05) is 0 Å². The quantitative estimate of drug-likeness (QED) is 0.112. The first-order chi connectivity index (χ1) is 15.8. The number of nitrogen functional groups attached to an aromatic ring is 1. The Morgan fingerprint density at radius 2 is 2.24 bits per heavy atom. The van der Waals surface area contributed by atoms with Gasteiger partial charge in [0.05, 0.1) is 11.7 Å². The van der Waals surface area contributed by atoms with E-state index in [-0.39, 0.29) is 68.9 Å². The number of hydrogen-bond acceptors (Lipinski definition) is 13. The van der Waals surface area contributed by atoms with Gasteiger partial charge in [-0.2, -0.15) is 5.26 Å². The van der Waals surface area contributed by atoms with Gasteiger partial charge in [-0.15, -0.1) is 23.1 Å². The molecule has 34 heavy (non-hydrogen) atoms. The predicted octanol–water partition coefficient (Wildman–Crippen LogP) is -4.12. The molecule has 0 saturated carbocycles. The Morgan fingerprint density at radius 3 is 2.82 bits per heavy atom. The van der Waals surface area contributed by atoms with Gasteiger partial charge in [-0.25, -0.2) is 4.98 Å². The van der Waals surface area contributed by atoms with Crippen LogP contribution in [0, 0.1) is 11.3 Å². The topological polar surface area (TPSA) is 211 Å². The summed E-state index contributed by atoms with van der Waals surface area (Å²) in [6, 6.07) is 2.12. The van der Waals surface area contributed by atoms with Crippen LogP contribution in [0.4, 0.5) is 5.13 Å². The fourth-order valence-corrected chi connectivity index (χ4v) is 5.05. The molecule has 13 nitrogen and oxygen atoms in total. The number of rotatable bonds is 6. The number of hydrogen-bond donors (Lipinski definition) is 3. The number of thiazole rings is 1. The van der Waals surface area contributed by atoms with Crippen molar-refractivity contribution in [1.82, 2.24) is 20.4 Å². The molecular weight excluding hydrogens is 497 g/mol. The zero-order valence-electron chi connectivity index (χ0n) is 17.3. The van der Waals surface area contributed by atoms with Crippen molar-refractivity contribution in [3.8, 4) is 6.07 Å². The normalized spacial score (nSPS) is 19.8. The number of β-lactam (4-membered cyclic amide) rings is 1. The second-order valence-electron chi connectivity index (χ2n) is 6.60. The molecule has 4 heterocycles. The molecule has 2 aliphatic heterocycles. The number of thioether (sulfide) groups is 1. The Labute approximate surface area is 221 Å². The molecule has 2 aromatic rings. The van der Waals surface area contributed by atoms with Crippen molar-refractivity contribution < 1.29 is 58.8 Å². The Morgan fingerprint density at radius 1 is 1.47 bits per heavy atom. The SMILES string of the molecule is N#Cc1cc(/C=C\C2=C(C(=O)[O-])N3C(=O)[C@@H](NC(=O)/C(=N\O)c4csc(N)n4)[C@H]3SC2)on1.[Na+]. The van der Waals surface area contributed by atoms with E-state index in [2.05, 4.69) is 20.6 Å². The average molecular weight is 509 g/mol. The van der Waals surface area contributed by atoms with Crippen LogP contribution in [0.1, 0.15) is 17.1 Å². The summed E-state index contributed by atoms with van der Waals surface area (Å²) in [5.41, 5.74) is 5.13. The molecule has 1 saturated heterocycles. The van der Waals surface area contributed by atoms with Gasteiger partial charge in [0.1, 0.15) is 23.2 Å². The molecule has 0 unspecified atom stereocenters. The van der Waals surface area contributed by atoms with E-state index in [1.165, 1.54) is 35.4 Å². The number of nitrogens with two attached hydrogens (primary N) is 1. The largest absolute Gasteiger partial charge is 1.00 e. The predicted molar refractivity (Wildman–Crippen MR) is 112 cm³/mol. The summed E-state index contributed by atoms with van der Waals surface area (Å²) >= 11 is 2.25. The summed E-state index contributed by atoms with van der Waals surface area (Å²) in [6.07, 6.45) is 2.85. The minimum Gasteiger partial charge on any atom is -0.543 e. The van der Waals surface area contributed by atoms with E-state index in [1.54, 1.807) is 6.07 Å². The van der Waals surface area contributed by atoms with E-state index < -0.39 is 34.9 Å². The molecule has 0 radical (unpaired) electrons. The Balaban J connectivity index is 0.00000324. The molecule has 2 aliphatic rings.